The number of hydrogen-bond donors (Lipinski definition) is 1. The van der Waals surface area contributed by atoms with Crippen LogP contribution in [-0.4, -0.2) is 12.1 Å². The minimum absolute atomic E-state index is 0.165. The van der Waals surface area contributed by atoms with Crippen LogP contribution in [0.3, 0.4) is 0 Å². The first-order chi connectivity index (χ1) is 13.2. The second-order valence-corrected chi connectivity index (χ2v) is 8.59. The number of benzene rings is 2. The Morgan fingerprint density at radius 3 is 2.56 bits per heavy atom. The highest BCUT2D eigenvalue weighted by Gasteiger charge is 2.34. The van der Waals surface area contributed by atoms with Crippen LogP contribution in [0.25, 0.3) is 0 Å². The Kier molecular flexibility index (Phi) is 5.65. The predicted molar refractivity (Wildman–Crippen MR) is 112 cm³/mol. The molecule has 0 unspecified atom stereocenters. The van der Waals surface area contributed by atoms with Crippen molar-refractivity contribution in [3.05, 3.63) is 76.8 Å². The van der Waals surface area contributed by atoms with E-state index >= 15 is 0 Å². The van der Waals surface area contributed by atoms with Crippen LogP contribution in [0.1, 0.15) is 28.8 Å². The molecule has 2 aromatic carbocycles. The van der Waals surface area contributed by atoms with Gasteiger partial charge in [0.05, 0.1) is 0 Å². The molecule has 1 fully saturated rings. The lowest BCUT2D eigenvalue weighted by Crippen LogP contribution is -2.19. The maximum Gasteiger partial charge on any atom is 0.271 e. The molecule has 1 N–H and O–H groups in total. The van der Waals surface area contributed by atoms with E-state index in [1.807, 2.05) is 54.7 Å². The number of rotatable bonds is 6. The minimum atomic E-state index is -0.165. The number of halogens is 1. The molecule has 138 valence electrons. The summed E-state index contributed by atoms with van der Waals surface area (Å²) < 4.78 is 0. The van der Waals surface area contributed by atoms with Crippen molar-refractivity contribution in [2.75, 3.05) is 0 Å². The van der Waals surface area contributed by atoms with E-state index in [2.05, 4.69) is 22.7 Å². The quantitative estimate of drug-likeness (QED) is 0.300. The van der Waals surface area contributed by atoms with Gasteiger partial charge in [-0.15, -0.1) is 11.8 Å². The Labute approximate surface area is 168 Å². The Hall–Kier alpha value is -2.04. The molecule has 2 aliphatic rings. The molecule has 0 aromatic heterocycles. The molecule has 1 amide bonds. The summed E-state index contributed by atoms with van der Waals surface area (Å²) in [5, 5.41) is 4.93. The van der Waals surface area contributed by atoms with Crippen LogP contribution in [-0.2, 0) is 5.75 Å². The van der Waals surface area contributed by atoms with Crippen molar-refractivity contribution in [1.82, 2.24) is 5.43 Å². The maximum absolute atomic E-state index is 12.2. The third-order valence-corrected chi connectivity index (χ3v) is 6.53. The lowest BCUT2D eigenvalue weighted by atomic mass is 9.95. The van der Waals surface area contributed by atoms with Gasteiger partial charge in [-0.25, -0.2) is 5.43 Å². The van der Waals surface area contributed by atoms with E-state index in [1.165, 1.54) is 16.9 Å². The van der Waals surface area contributed by atoms with Crippen LogP contribution in [0.4, 0.5) is 0 Å². The van der Waals surface area contributed by atoms with Crippen molar-refractivity contribution >= 4 is 35.5 Å². The highest BCUT2D eigenvalue weighted by atomic mass is 35.5. The van der Waals surface area contributed by atoms with Gasteiger partial charge in [-0.05, 0) is 66.6 Å². The zero-order valence-corrected chi connectivity index (χ0v) is 16.4. The first kappa shape index (κ1) is 18.3. The van der Waals surface area contributed by atoms with E-state index in [0.29, 0.717) is 23.3 Å². The second-order valence-electron chi connectivity index (χ2n) is 7.10. The molecule has 1 saturated carbocycles. The topological polar surface area (TPSA) is 41.5 Å². The predicted octanol–water partition coefficient (Wildman–Crippen LogP) is 5.56. The molecule has 2 bridgehead atoms. The monoisotopic (exact) mass is 396 g/mol. The number of nitrogens with zero attached hydrogens (tertiary/aromatic N) is 1. The van der Waals surface area contributed by atoms with E-state index in [1.54, 1.807) is 11.8 Å². The fraction of sp³-hybridized carbons (Fsp3) is 0.273. The lowest BCUT2D eigenvalue weighted by Gasteiger charge is -2.11. The van der Waals surface area contributed by atoms with Gasteiger partial charge in [0, 0.05) is 33.4 Å². The molecule has 2 aromatic rings. The fourth-order valence-corrected chi connectivity index (χ4v) is 4.68. The normalized spacial score (nSPS) is 23.2. The van der Waals surface area contributed by atoms with Crippen LogP contribution < -0.4 is 5.43 Å². The average molecular weight is 397 g/mol. The molecule has 3 atom stereocenters. The Morgan fingerprint density at radius 1 is 1.11 bits per heavy atom. The largest absolute Gasteiger partial charge is 0.271 e. The summed E-state index contributed by atoms with van der Waals surface area (Å²) in [5.41, 5.74) is 4.45. The average Bonchev–Trinajstić information content (AvgIpc) is 3.31. The summed E-state index contributed by atoms with van der Waals surface area (Å²) in [4.78, 5) is 13.4. The van der Waals surface area contributed by atoms with Crippen LogP contribution in [0.5, 0.6) is 0 Å². The second kappa shape index (κ2) is 8.32. The van der Waals surface area contributed by atoms with E-state index in [0.717, 1.165) is 17.2 Å². The molecular weight excluding hydrogens is 376 g/mol. The summed E-state index contributed by atoms with van der Waals surface area (Å²) >= 11 is 7.65. The molecule has 2 aliphatic carbocycles. The third-order valence-electron chi connectivity index (χ3n) is 5.20. The highest BCUT2D eigenvalue weighted by molar-refractivity contribution is 7.98. The summed E-state index contributed by atoms with van der Waals surface area (Å²) in [6.45, 7) is 0. The standard InChI is InChI=1S/C22H21ClN2OS/c23-20-7-9-21(10-8-20)27-14-15-1-4-17(5-2-15)22(26)25-24-13-19-12-16-3-6-18(19)11-16/h1-10,13,16,18-19H,11-12,14H2,(H,25,26)/b24-13-/t16-,18+,19-/m1/s1. The molecule has 0 radical (unpaired) electrons. The fourth-order valence-electron chi connectivity index (χ4n) is 3.70. The summed E-state index contributed by atoms with van der Waals surface area (Å²) in [6.07, 6.45) is 8.89. The first-order valence-corrected chi connectivity index (χ1v) is 10.5. The van der Waals surface area contributed by atoms with Crippen LogP contribution in [0.2, 0.25) is 5.02 Å². The Balaban J connectivity index is 1.27. The molecule has 3 nitrogen and oxygen atoms in total. The Bertz CT molecular complexity index is 861. The lowest BCUT2D eigenvalue weighted by molar-refractivity contribution is 0.0955. The number of hydrazone groups is 1. The smallest absolute Gasteiger partial charge is 0.267 e. The van der Waals surface area contributed by atoms with Crippen LogP contribution in [0, 0.1) is 17.8 Å². The van der Waals surface area contributed by atoms with Crippen LogP contribution in [0.15, 0.2) is 70.7 Å². The minimum Gasteiger partial charge on any atom is -0.267 e. The van der Waals surface area contributed by atoms with Crippen molar-refractivity contribution in [2.45, 2.75) is 23.5 Å². The molecule has 0 spiro atoms. The van der Waals surface area contributed by atoms with Crippen molar-refractivity contribution in [3.8, 4) is 0 Å². The number of hydrogen-bond acceptors (Lipinski definition) is 3. The van der Waals surface area contributed by atoms with Gasteiger partial charge in [-0.2, -0.15) is 5.10 Å². The molecule has 0 saturated heterocycles. The summed E-state index contributed by atoms with van der Waals surface area (Å²) in [6, 6.07) is 15.5. The molecule has 0 heterocycles. The van der Waals surface area contributed by atoms with E-state index < -0.39 is 0 Å². The number of carbonyl (C=O) groups is 1. The number of thioether (sulfide) groups is 1. The summed E-state index contributed by atoms with van der Waals surface area (Å²) in [7, 11) is 0. The van der Waals surface area contributed by atoms with Gasteiger partial charge < -0.3 is 0 Å². The number of fused-ring (bicyclic) bond motifs is 2. The van der Waals surface area contributed by atoms with E-state index in [4.69, 9.17) is 11.6 Å². The van der Waals surface area contributed by atoms with Gasteiger partial charge >= 0.3 is 0 Å². The first-order valence-electron chi connectivity index (χ1n) is 9.16. The third kappa shape index (κ3) is 4.63. The zero-order valence-electron chi connectivity index (χ0n) is 14.8. The SMILES string of the molecule is O=C(N/N=C\[C@H]1C[C@@H]2C=C[C@H]1C2)c1ccc(CSc2ccc(Cl)cc2)cc1. The van der Waals surface area contributed by atoms with Crippen molar-refractivity contribution in [1.29, 1.82) is 0 Å². The van der Waals surface area contributed by atoms with Crippen molar-refractivity contribution in [2.24, 2.45) is 22.9 Å². The molecule has 5 heteroatoms. The molecular formula is C22H21ClN2OS. The zero-order chi connectivity index (χ0) is 18.6. The molecule has 0 aliphatic heterocycles. The maximum atomic E-state index is 12.2. The highest BCUT2D eigenvalue weighted by Crippen LogP contribution is 2.42. The van der Waals surface area contributed by atoms with Gasteiger partial charge in [0.15, 0.2) is 0 Å². The molecule has 27 heavy (non-hydrogen) atoms. The van der Waals surface area contributed by atoms with Crippen LogP contribution >= 0.6 is 23.4 Å². The number of allylic oxidation sites excluding steroid dienone is 2. The van der Waals surface area contributed by atoms with E-state index in [9.17, 15) is 4.79 Å². The number of carbonyl (C=O) groups excluding carboxylic acids is 1. The number of nitrogens with one attached hydrogen (secondary N) is 1. The van der Waals surface area contributed by atoms with Gasteiger partial charge in [0.1, 0.15) is 0 Å². The van der Waals surface area contributed by atoms with Crippen molar-refractivity contribution in [3.63, 3.8) is 0 Å². The Morgan fingerprint density at radius 2 is 1.89 bits per heavy atom. The van der Waals surface area contributed by atoms with Gasteiger partial charge in [-0.3, -0.25) is 4.79 Å². The summed E-state index contributed by atoms with van der Waals surface area (Å²) in [5.74, 6) is 2.46. The van der Waals surface area contributed by atoms with Gasteiger partial charge in [0.25, 0.3) is 5.91 Å². The molecule has 4 rings (SSSR count). The number of amides is 1. The van der Waals surface area contributed by atoms with E-state index in [-0.39, 0.29) is 5.91 Å². The van der Waals surface area contributed by atoms with Gasteiger partial charge in [-0.1, -0.05) is 35.9 Å². The van der Waals surface area contributed by atoms with Crippen molar-refractivity contribution < 1.29 is 4.79 Å². The van der Waals surface area contributed by atoms with Gasteiger partial charge in [0.2, 0.25) is 0 Å².